The fourth-order valence-electron chi connectivity index (χ4n) is 5.25. The van der Waals surface area contributed by atoms with Crippen LogP contribution >= 0.6 is 0 Å². The predicted octanol–water partition coefficient (Wildman–Crippen LogP) is 5.68. The Morgan fingerprint density at radius 2 is 1.07 bits per heavy atom. The van der Waals surface area contributed by atoms with Crippen LogP contribution in [-0.2, 0) is 5.16 Å². The SMILES string of the molecule is BC(c1ccccc1)c1ccccc1.Fc1ccc([SiH2]C(c2ccccc2)(c2ccccc2)n2ccnc2)cc1. The Balaban J connectivity index is 0.000000194. The van der Waals surface area contributed by atoms with Gasteiger partial charge in [0, 0.05) is 12.4 Å². The van der Waals surface area contributed by atoms with Gasteiger partial charge >= 0.3 is 0 Å². The molecule has 0 aliphatic rings. The Morgan fingerprint density at radius 1 is 0.625 bits per heavy atom. The first kappa shape index (κ1) is 27.1. The van der Waals surface area contributed by atoms with Crippen LogP contribution in [0, 0.1) is 5.82 Å². The molecule has 0 atom stereocenters. The molecule has 6 aromatic rings. The van der Waals surface area contributed by atoms with Gasteiger partial charge in [-0.3, -0.25) is 0 Å². The minimum Gasteiger partial charge on any atom is -0.326 e. The van der Waals surface area contributed by atoms with Crippen LogP contribution < -0.4 is 5.19 Å². The summed E-state index contributed by atoms with van der Waals surface area (Å²) in [4.78, 5) is 4.32. The van der Waals surface area contributed by atoms with Crippen LogP contribution in [0.3, 0.4) is 0 Å². The minimum atomic E-state index is -0.929. The number of imidazole rings is 1. The Kier molecular flexibility index (Phi) is 8.84. The summed E-state index contributed by atoms with van der Waals surface area (Å²) in [7, 11) is 1.31. The van der Waals surface area contributed by atoms with Crippen molar-refractivity contribution in [1.82, 2.24) is 9.55 Å². The lowest BCUT2D eigenvalue weighted by molar-refractivity contribution is 0.596. The van der Waals surface area contributed by atoms with Crippen LogP contribution in [-0.4, -0.2) is 26.9 Å². The minimum absolute atomic E-state index is 0.199. The summed E-state index contributed by atoms with van der Waals surface area (Å²) in [6, 6.07) is 49.2. The van der Waals surface area contributed by atoms with Crippen molar-refractivity contribution in [2.45, 2.75) is 11.0 Å². The molecule has 0 N–H and O–H groups in total. The molecule has 0 saturated carbocycles. The molecule has 0 fully saturated rings. The van der Waals surface area contributed by atoms with Crippen LogP contribution in [0.25, 0.3) is 0 Å². The molecule has 0 aliphatic heterocycles. The number of aromatic nitrogens is 2. The third-order valence-corrected chi connectivity index (χ3v) is 9.99. The van der Waals surface area contributed by atoms with E-state index in [1.54, 1.807) is 12.1 Å². The normalized spacial score (nSPS) is 11.3. The monoisotopic (exact) mass is 538 g/mol. The quantitative estimate of drug-likeness (QED) is 0.240. The summed E-state index contributed by atoms with van der Waals surface area (Å²) in [5, 5.41) is 0.879. The Hall–Kier alpha value is -4.48. The second-order valence-electron chi connectivity index (χ2n) is 9.91. The summed E-state index contributed by atoms with van der Waals surface area (Å²) in [5.41, 5.74) is 5.19. The van der Waals surface area contributed by atoms with Crippen LogP contribution in [0.1, 0.15) is 28.1 Å². The molecule has 40 heavy (non-hydrogen) atoms. The zero-order valence-electron chi connectivity index (χ0n) is 22.6. The molecule has 5 heteroatoms. The molecule has 1 aromatic heterocycles. The van der Waals surface area contributed by atoms with E-state index in [4.69, 9.17) is 0 Å². The molecule has 0 amide bonds. The Morgan fingerprint density at radius 3 is 1.50 bits per heavy atom. The molecular formula is C35H32BFN2Si. The van der Waals surface area contributed by atoms with E-state index in [1.807, 2.05) is 43.0 Å². The van der Waals surface area contributed by atoms with Crippen molar-refractivity contribution in [2.24, 2.45) is 0 Å². The van der Waals surface area contributed by atoms with Crippen molar-refractivity contribution < 1.29 is 4.39 Å². The standard InChI is InChI=1S/C22H19FN2Si.C13H13B/c23-20-11-13-21(14-12-20)26-22(25-16-15-24-17-25,18-7-3-1-4-8-18)19-9-5-2-6-10-19;14-13(11-7-3-1-4-8-11)12-9-5-2-6-10-12/h1-17H,26H2;1-10,13H,14H2. The maximum atomic E-state index is 13.4. The second kappa shape index (κ2) is 13.0. The molecular weight excluding hydrogens is 506 g/mol. The van der Waals surface area contributed by atoms with E-state index in [2.05, 4.69) is 127 Å². The highest BCUT2D eigenvalue weighted by Gasteiger charge is 2.36. The molecule has 196 valence electrons. The van der Waals surface area contributed by atoms with Gasteiger partial charge in [-0.05, 0) is 40.2 Å². The fraction of sp³-hybridized carbons (Fsp3) is 0.0571. The van der Waals surface area contributed by atoms with Gasteiger partial charge in [0.2, 0.25) is 0 Å². The average molecular weight is 539 g/mol. The van der Waals surface area contributed by atoms with Crippen molar-refractivity contribution in [2.75, 3.05) is 0 Å². The number of rotatable bonds is 7. The molecule has 0 saturated heterocycles. The number of hydrogen-bond donors (Lipinski definition) is 0. The predicted molar refractivity (Wildman–Crippen MR) is 169 cm³/mol. The van der Waals surface area contributed by atoms with Gasteiger partial charge in [-0.2, -0.15) is 0 Å². The summed E-state index contributed by atoms with van der Waals surface area (Å²) >= 11 is 0. The molecule has 1 heterocycles. The van der Waals surface area contributed by atoms with Gasteiger partial charge in [-0.15, -0.1) is 0 Å². The Bertz CT molecular complexity index is 1480. The van der Waals surface area contributed by atoms with Crippen molar-refractivity contribution in [3.8, 4) is 0 Å². The molecule has 0 unspecified atom stereocenters. The van der Waals surface area contributed by atoms with E-state index in [-0.39, 0.29) is 11.0 Å². The lowest BCUT2D eigenvalue weighted by atomic mass is 9.76. The van der Waals surface area contributed by atoms with Gasteiger partial charge in [0.15, 0.2) is 0 Å². The van der Waals surface area contributed by atoms with Crippen molar-refractivity contribution in [1.29, 1.82) is 0 Å². The molecule has 0 bridgehead atoms. The zero-order chi connectivity index (χ0) is 27.6. The molecule has 6 rings (SSSR count). The van der Waals surface area contributed by atoms with E-state index in [0.717, 1.165) is 0 Å². The largest absolute Gasteiger partial charge is 0.326 e. The summed E-state index contributed by atoms with van der Waals surface area (Å²) < 4.78 is 15.6. The fourth-order valence-corrected chi connectivity index (χ4v) is 7.56. The highest BCUT2D eigenvalue weighted by Crippen LogP contribution is 2.33. The number of hydrogen-bond acceptors (Lipinski definition) is 1. The second-order valence-corrected chi connectivity index (χ2v) is 12.1. The lowest BCUT2D eigenvalue weighted by Crippen LogP contribution is -2.46. The van der Waals surface area contributed by atoms with Crippen LogP contribution in [0.2, 0.25) is 0 Å². The van der Waals surface area contributed by atoms with E-state index in [1.165, 1.54) is 27.4 Å². The maximum Gasteiger partial charge on any atom is 0.123 e. The first-order valence-electron chi connectivity index (χ1n) is 13.6. The smallest absolute Gasteiger partial charge is 0.123 e. The first-order chi connectivity index (χ1) is 19.7. The molecule has 0 radical (unpaired) electrons. The van der Waals surface area contributed by atoms with Gasteiger partial charge in [0.1, 0.15) is 13.7 Å². The Labute approximate surface area is 239 Å². The molecule has 2 nitrogen and oxygen atoms in total. The van der Waals surface area contributed by atoms with Gasteiger partial charge in [0.25, 0.3) is 0 Å². The number of benzene rings is 5. The van der Waals surface area contributed by atoms with Gasteiger partial charge < -0.3 is 4.57 Å². The van der Waals surface area contributed by atoms with Gasteiger partial charge in [0.05, 0.1) is 21.0 Å². The summed E-state index contributed by atoms with van der Waals surface area (Å²) in [5.74, 6) is 0.285. The topological polar surface area (TPSA) is 17.8 Å². The molecule has 0 aliphatic carbocycles. The highest BCUT2D eigenvalue weighted by atomic mass is 28.2. The number of halogens is 1. The molecule has 0 spiro atoms. The summed E-state index contributed by atoms with van der Waals surface area (Å²) in [6.07, 6.45) is 5.73. The van der Waals surface area contributed by atoms with Crippen molar-refractivity contribution in [3.05, 3.63) is 192 Å². The van der Waals surface area contributed by atoms with Gasteiger partial charge in [-0.25, -0.2) is 9.37 Å². The molecule has 5 aromatic carbocycles. The maximum absolute atomic E-state index is 13.4. The van der Waals surface area contributed by atoms with Gasteiger partial charge in [-0.1, -0.05) is 139 Å². The first-order valence-corrected chi connectivity index (χ1v) is 15.0. The van der Waals surface area contributed by atoms with E-state index >= 15 is 0 Å². The van der Waals surface area contributed by atoms with E-state index in [9.17, 15) is 4.39 Å². The average Bonchev–Trinajstić information content (AvgIpc) is 3.58. The van der Waals surface area contributed by atoms with Crippen LogP contribution in [0.4, 0.5) is 4.39 Å². The lowest BCUT2D eigenvalue weighted by Gasteiger charge is -2.37. The zero-order valence-corrected chi connectivity index (χ0v) is 24.1. The third kappa shape index (κ3) is 6.22. The van der Waals surface area contributed by atoms with Crippen LogP contribution in [0.5, 0.6) is 0 Å². The van der Waals surface area contributed by atoms with Crippen LogP contribution in [0.15, 0.2) is 164 Å². The number of nitrogens with zero attached hydrogens (tertiary/aromatic N) is 2. The van der Waals surface area contributed by atoms with Crippen molar-refractivity contribution >= 4 is 22.6 Å². The third-order valence-electron chi connectivity index (χ3n) is 7.42. The van der Waals surface area contributed by atoms with E-state index < -0.39 is 9.52 Å². The van der Waals surface area contributed by atoms with Crippen molar-refractivity contribution in [3.63, 3.8) is 0 Å². The summed E-state index contributed by atoms with van der Waals surface area (Å²) in [6.45, 7) is 0. The van der Waals surface area contributed by atoms with E-state index in [0.29, 0.717) is 5.82 Å². The highest BCUT2D eigenvalue weighted by molar-refractivity contribution is 6.57.